The molecule has 4 rings (SSSR count). The Balaban J connectivity index is 1.45. The number of amides is 2. The maximum Gasteiger partial charge on any atom is 0.319 e. The van der Waals surface area contributed by atoms with Crippen LogP contribution >= 0.6 is 0 Å². The lowest BCUT2D eigenvalue weighted by atomic mass is 10.1. The first-order chi connectivity index (χ1) is 11.2. The van der Waals surface area contributed by atoms with Gasteiger partial charge < -0.3 is 24.7 Å². The second kappa shape index (κ2) is 5.49. The minimum absolute atomic E-state index is 0.0657. The summed E-state index contributed by atoms with van der Waals surface area (Å²) in [6.07, 6.45) is 5.87. The van der Waals surface area contributed by atoms with Crippen molar-refractivity contribution in [2.75, 3.05) is 12.1 Å². The third-order valence-corrected chi connectivity index (χ3v) is 4.15. The number of benzene rings is 1. The maximum atomic E-state index is 12.3. The number of aryl methyl sites for hydroxylation is 1. The van der Waals surface area contributed by atoms with Crippen molar-refractivity contribution in [1.29, 1.82) is 0 Å². The van der Waals surface area contributed by atoms with E-state index in [9.17, 15) is 4.79 Å². The van der Waals surface area contributed by atoms with Crippen LogP contribution in [0.25, 0.3) is 0 Å². The number of anilines is 1. The summed E-state index contributed by atoms with van der Waals surface area (Å²) >= 11 is 0. The first-order valence-corrected chi connectivity index (χ1v) is 7.65. The lowest BCUT2D eigenvalue weighted by Crippen LogP contribution is -2.35. The van der Waals surface area contributed by atoms with Crippen LogP contribution in [0, 0.1) is 5.92 Å². The van der Waals surface area contributed by atoms with Crippen LogP contribution in [0.3, 0.4) is 0 Å². The molecule has 1 aromatic carbocycles. The third kappa shape index (κ3) is 2.81. The van der Waals surface area contributed by atoms with Gasteiger partial charge in [-0.05, 0) is 30.9 Å². The molecule has 0 bridgehead atoms. The molecule has 2 amide bonds. The standard InChI is InChI=1S/C16H18N4O3/c1-20-7-6-17-15(20)14(10-2-3-10)19-16(21)18-11-4-5-12-13(8-11)23-9-22-12/h4-8,10,14H,2-3,9H2,1H3,(H2,18,19,21)/t14-/m0/s1. The molecule has 23 heavy (non-hydrogen) atoms. The SMILES string of the molecule is Cn1ccnc1[C@@H](NC(=O)Nc1ccc2c(c1)OCO2)C1CC1. The number of imidazole rings is 1. The van der Waals surface area contributed by atoms with Gasteiger partial charge in [-0.3, -0.25) is 0 Å². The molecule has 1 aliphatic carbocycles. The average molecular weight is 314 g/mol. The van der Waals surface area contributed by atoms with Crippen LogP contribution in [0.2, 0.25) is 0 Å². The van der Waals surface area contributed by atoms with E-state index in [1.807, 2.05) is 17.8 Å². The highest BCUT2D eigenvalue weighted by Crippen LogP contribution is 2.40. The van der Waals surface area contributed by atoms with E-state index in [-0.39, 0.29) is 18.9 Å². The van der Waals surface area contributed by atoms with Crippen molar-refractivity contribution in [3.05, 3.63) is 36.4 Å². The summed E-state index contributed by atoms with van der Waals surface area (Å²) in [7, 11) is 1.94. The molecule has 1 aromatic heterocycles. The van der Waals surface area contributed by atoms with Gasteiger partial charge in [0.1, 0.15) is 5.82 Å². The minimum atomic E-state index is -0.247. The van der Waals surface area contributed by atoms with Gasteiger partial charge in [0.2, 0.25) is 6.79 Å². The summed E-state index contributed by atoms with van der Waals surface area (Å²) in [5.74, 6) is 2.68. The molecular formula is C16H18N4O3. The number of nitrogens with zero attached hydrogens (tertiary/aromatic N) is 2. The highest BCUT2D eigenvalue weighted by Gasteiger charge is 2.35. The summed E-state index contributed by atoms with van der Waals surface area (Å²) in [5, 5.41) is 5.88. The van der Waals surface area contributed by atoms with E-state index in [0.717, 1.165) is 18.7 Å². The summed E-state index contributed by atoms with van der Waals surface area (Å²) in [5.41, 5.74) is 0.668. The summed E-state index contributed by atoms with van der Waals surface area (Å²) in [4.78, 5) is 16.7. The Morgan fingerprint density at radius 3 is 2.91 bits per heavy atom. The van der Waals surface area contributed by atoms with Gasteiger partial charge in [-0.1, -0.05) is 0 Å². The first-order valence-electron chi connectivity index (χ1n) is 7.65. The number of nitrogens with one attached hydrogen (secondary N) is 2. The van der Waals surface area contributed by atoms with E-state index in [4.69, 9.17) is 9.47 Å². The second-order valence-electron chi connectivity index (χ2n) is 5.88. The minimum Gasteiger partial charge on any atom is -0.454 e. The molecule has 2 heterocycles. The number of fused-ring (bicyclic) bond motifs is 1. The predicted octanol–water partition coefficient (Wildman–Crippen LogP) is 2.42. The number of hydrogen-bond donors (Lipinski definition) is 2. The number of urea groups is 1. The molecule has 7 heteroatoms. The van der Waals surface area contributed by atoms with Crippen LogP contribution < -0.4 is 20.1 Å². The van der Waals surface area contributed by atoms with Crippen LogP contribution in [-0.2, 0) is 7.05 Å². The average Bonchev–Trinajstić information content (AvgIpc) is 3.12. The number of hydrogen-bond acceptors (Lipinski definition) is 4. The molecule has 0 radical (unpaired) electrons. The van der Waals surface area contributed by atoms with Gasteiger partial charge in [-0.15, -0.1) is 0 Å². The van der Waals surface area contributed by atoms with Crippen molar-refractivity contribution in [1.82, 2.24) is 14.9 Å². The number of aromatic nitrogens is 2. The van der Waals surface area contributed by atoms with Crippen molar-refractivity contribution in [3.8, 4) is 11.5 Å². The molecule has 0 saturated heterocycles. The topological polar surface area (TPSA) is 77.4 Å². The van der Waals surface area contributed by atoms with Crippen molar-refractivity contribution in [2.24, 2.45) is 13.0 Å². The quantitative estimate of drug-likeness (QED) is 0.908. The van der Waals surface area contributed by atoms with E-state index < -0.39 is 0 Å². The van der Waals surface area contributed by atoms with Gasteiger partial charge in [0.15, 0.2) is 11.5 Å². The zero-order valence-electron chi connectivity index (χ0n) is 12.8. The first kappa shape index (κ1) is 13.9. The molecule has 7 nitrogen and oxygen atoms in total. The van der Waals surface area contributed by atoms with Crippen LogP contribution in [0.1, 0.15) is 24.7 Å². The van der Waals surface area contributed by atoms with Gasteiger partial charge in [-0.25, -0.2) is 9.78 Å². The van der Waals surface area contributed by atoms with Crippen molar-refractivity contribution in [3.63, 3.8) is 0 Å². The molecule has 2 N–H and O–H groups in total. The molecule has 2 aliphatic rings. The van der Waals surface area contributed by atoms with Gasteiger partial charge in [0.05, 0.1) is 6.04 Å². The fourth-order valence-corrected chi connectivity index (χ4v) is 2.78. The lowest BCUT2D eigenvalue weighted by molar-refractivity contribution is 0.174. The molecule has 1 saturated carbocycles. The molecular weight excluding hydrogens is 296 g/mol. The highest BCUT2D eigenvalue weighted by molar-refractivity contribution is 5.90. The second-order valence-corrected chi connectivity index (χ2v) is 5.88. The summed E-state index contributed by atoms with van der Waals surface area (Å²) in [6.45, 7) is 0.216. The van der Waals surface area contributed by atoms with E-state index in [1.54, 1.807) is 24.4 Å². The van der Waals surface area contributed by atoms with Crippen LogP contribution in [-0.4, -0.2) is 22.4 Å². The summed E-state index contributed by atoms with van der Waals surface area (Å²) < 4.78 is 12.5. The van der Waals surface area contributed by atoms with Gasteiger partial charge >= 0.3 is 6.03 Å². The van der Waals surface area contributed by atoms with Gasteiger partial charge in [0, 0.05) is 31.2 Å². The lowest BCUT2D eigenvalue weighted by Gasteiger charge is -2.18. The Bertz CT molecular complexity index is 739. The van der Waals surface area contributed by atoms with E-state index in [1.165, 1.54) is 0 Å². The van der Waals surface area contributed by atoms with Crippen molar-refractivity contribution >= 4 is 11.7 Å². The van der Waals surface area contributed by atoms with Crippen molar-refractivity contribution in [2.45, 2.75) is 18.9 Å². The highest BCUT2D eigenvalue weighted by atomic mass is 16.7. The number of carbonyl (C=O) groups is 1. The molecule has 2 aromatic rings. The zero-order chi connectivity index (χ0) is 15.8. The van der Waals surface area contributed by atoms with Crippen LogP contribution in [0.15, 0.2) is 30.6 Å². The zero-order valence-corrected chi connectivity index (χ0v) is 12.8. The molecule has 120 valence electrons. The monoisotopic (exact) mass is 314 g/mol. The Morgan fingerprint density at radius 1 is 1.35 bits per heavy atom. The van der Waals surface area contributed by atoms with E-state index >= 15 is 0 Å². The molecule has 0 spiro atoms. The Labute approximate surface area is 133 Å². The molecule has 1 atom stereocenters. The molecule has 0 unspecified atom stereocenters. The number of rotatable bonds is 4. The van der Waals surface area contributed by atoms with Crippen LogP contribution in [0.5, 0.6) is 11.5 Å². The van der Waals surface area contributed by atoms with Crippen LogP contribution in [0.4, 0.5) is 10.5 Å². The van der Waals surface area contributed by atoms with Gasteiger partial charge in [0.25, 0.3) is 0 Å². The molecule has 1 fully saturated rings. The fourth-order valence-electron chi connectivity index (χ4n) is 2.78. The number of ether oxygens (including phenoxy) is 2. The predicted molar refractivity (Wildman–Crippen MR) is 83.4 cm³/mol. The van der Waals surface area contributed by atoms with E-state index in [0.29, 0.717) is 23.1 Å². The largest absolute Gasteiger partial charge is 0.454 e. The summed E-state index contributed by atoms with van der Waals surface area (Å²) in [6, 6.07) is 5.02. The van der Waals surface area contributed by atoms with E-state index in [2.05, 4.69) is 15.6 Å². The van der Waals surface area contributed by atoms with Gasteiger partial charge in [-0.2, -0.15) is 0 Å². The number of carbonyl (C=O) groups excluding carboxylic acids is 1. The Hall–Kier alpha value is -2.70. The third-order valence-electron chi connectivity index (χ3n) is 4.15. The normalized spacial score (nSPS) is 16.9. The molecule has 1 aliphatic heterocycles. The smallest absolute Gasteiger partial charge is 0.319 e. The fraction of sp³-hybridized carbons (Fsp3) is 0.375. The van der Waals surface area contributed by atoms with Crippen molar-refractivity contribution < 1.29 is 14.3 Å². The Kier molecular flexibility index (Phi) is 3.33. The maximum absolute atomic E-state index is 12.3. The Morgan fingerprint density at radius 2 is 2.17 bits per heavy atom.